The van der Waals surface area contributed by atoms with E-state index in [0.29, 0.717) is 29.9 Å². The first-order valence-corrected chi connectivity index (χ1v) is 13.1. The molecule has 1 heterocycles. The van der Waals surface area contributed by atoms with E-state index in [0.717, 1.165) is 37.3 Å². The molecule has 0 radical (unpaired) electrons. The minimum Gasteiger partial charge on any atom is -0.494 e. The van der Waals surface area contributed by atoms with Gasteiger partial charge in [-0.1, -0.05) is 30.4 Å². The largest absolute Gasteiger partial charge is 0.494 e. The van der Waals surface area contributed by atoms with Crippen molar-refractivity contribution in [1.29, 1.82) is 0 Å². The number of ether oxygens (including phenoxy) is 3. The SMILES string of the molecule is CC(=O)Oc1cc(/C=C/C(=O)NC2=CC=CCC=C2COC2=CC=C(OC3CCNCC3)CC=C2)ccc1F. The minimum absolute atomic E-state index is 0.189. The Morgan fingerprint density at radius 1 is 1.15 bits per heavy atom. The van der Waals surface area contributed by atoms with Gasteiger partial charge < -0.3 is 24.8 Å². The van der Waals surface area contributed by atoms with Crippen LogP contribution in [0, 0.1) is 5.82 Å². The van der Waals surface area contributed by atoms with Crippen LogP contribution in [-0.4, -0.2) is 37.7 Å². The van der Waals surface area contributed by atoms with Gasteiger partial charge in [0, 0.05) is 30.7 Å². The number of carbonyl (C=O) groups is 2. The molecule has 1 fully saturated rings. The van der Waals surface area contributed by atoms with E-state index in [4.69, 9.17) is 14.2 Å². The van der Waals surface area contributed by atoms with Gasteiger partial charge >= 0.3 is 5.97 Å². The minimum atomic E-state index is -0.656. The van der Waals surface area contributed by atoms with Gasteiger partial charge in [-0.2, -0.15) is 0 Å². The van der Waals surface area contributed by atoms with E-state index in [2.05, 4.69) is 10.6 Å². The Balaban J connectivity index is 1.35. The van der Waals surface area contributed by atoms with Crippen LogP contribution in [0.4, 0.5) is 4.39 Å². The van der Waals surface area contributed by atoms with Gasteiger partial charge in [0.1, 0.15) is 24.2 Å². The van der Waals surface area contributed by atoms with Crippen molar-refractivity contribution in [2.75, 3.05) is 19.7 Å². The van der Waals surface area contributed by atoms with Gasteiger partial charge in [0.15, 0.2) is 11.6 Å². The predicted octanol–water partition coefficient (Wildman–Crippen LogP) is 5.16. The molecule has 1 amide bonds. The molecule has 8 heteroatoms. The molecule has 1 aliphatic heterocycles. The monoisotopic (exact) mass is 532 g/mol. The Morgan fingerprint density at radius 3 is 2.82 bits per heavy atom. The zero-order valence-corrected chi connectivity index (χ0v) is 22.0. The lowest BCUT2D eigenvalue weighted by Gasteiger charge is -2.24. The summed E-state index contributed by atoms with van der Waals surface area (Å²) < 4.78 is 30.9. The van der Waals surface area contributed by atoms with Gasteiger partial charge in [0.05, 0.1) is 0 Å². The molecule has 7 nitrogen and oxygen atoms in total. The molecule has 0 spiro atoms. The number of amides is 1. The third kappa shape index (κ3) is 8.97. The molecule has 204 valence electrons. The first-order valence-electron chi connectivity index (χ1n) is 13.1. The summed E-state index contributed by atoms with van der Waals surface area (Å²) in [7, 11) is 0. The van der Waals surface area contributed by atoms with Crippen LogP contribution in [0.3, 0.4) is 0 Å². The number of piperidine rings is 1. The van der Waals surface area contributed by atoms with Gasteiger partial charge in [-0.25, -0.2) is 4.39 Å². The summed E-state index contributed by atoms with van der Waals surface area (Å²) in [4.78, 5) is 23.9. The van der Waals surface area contributed by atoms with Crippen LogP contribution in [-0.2, 0) is 19.1 Å². The Morgan fingerprint density at radius 2 is 2.00 bits per heavy atom. The van der Waals surface area contributed by atoms with Crippen molar-refractivity contribution in [1.82, 2.24) is 10.6 Å². The van der Waals surface area contributed by atoms with Crippen LogP contribution in [0.15, 0.2) is 95.7 Å². The van der Waals surface area contributed by atoms with Crippen molar-refractivity contribution in [3.05, 3.63) is 107 Å². The number of benzene rings is 1. The summed E-state index contributed by atoms with van der Waals surface area (Å²) in [6.07, 6.45) is 22.1. The molecule has 0 atom stereocenters. The molecule has 1 aromatic rings. The van der Waals surface area contributed by atoms with Crippen LogP contribution >= 0.6 is 0 Å². The standard InChI is InChI=1S/C31H33FN2O5/c1-22(35)38-30-20-23(10-14-28(30)32)11-15-31(36)34-29-9-4-2-3-6-24(29)21-37-25-7-5-8-26(13-12-25)39-27-16-18-33-19-17-27/h2,4-7,9-15,20,27,33H,3,8,16-19,21H2,1H3,(H,34,36)/b15-11+. The Labute approximate surface area is 228 Å². The topological polar surface area (TPSA) is 85.9 Å². The summed E-state index contributed by atoms with van der Waals surface area (Å²) >= 11 is 0. The third-order valence-corrected chi connectivity index (χ3v) is 6.17. The highest BCUT2D eigenvalue weighted by Crippen LogP contribution is 2.22. The molecular weight excluding hydrogens is 499 g/mol. The number of esters is 1. The average Bonchev–Trinajstić information content (AvgIpc) is 3.28. The number of hydrogen-bond donors (Lipinski definition) is 2. The molecular formula is C31H33FN2O5. The molecule has 1 aromatic carbocycles. The highest BCUT2D eigenvalue weighted by atomic mass is 19.1. The van der Waals surface area contributed by atoms with E-state index in [1.165, 1.54) is 37.3 Å². The Kier molecular flexibility index (Phi) is 10.1. The third-order valence-electron chi connectivity index (χ3n) is 6.17. The lowest BCUT2D eigenvalue weighted by Crippen LogP contribution is -2.32. The molecule has 0 unspecified atom stereocenters. The van der Waals surface area contributed by atoms with E-state index in [1.54, 1.807) is 0 Å². The maximum Gasteiger partial charge on any atom is 0.308 e. The van der Waals surface area contributed by atoms with Crippen molar-refractivity contribution >= 4 is 18.0 Å². The number of allylic oxidation sites excluding steroid dienone is 8. The van der Waals surface area contributed by atoms with Crippen molar-refractivity contribution < 1.29 is 28.2 Å². The normalized spacial score (nSPS) is 17.8. The zero-order valence-electron chi connectivity index (χ0n) is 22.0. The molecule has 2 aliphatic carbocycles. The fourth-order valence-electron chi connectivity index (χ4n) is 4.19. The van der Waals surface area contributed by atoms with E-state index in [9.17, 15) is 14.0 Å². The van der Waals surface area contributed by atoms with Crippen LogP contribution in [0.5, 0.6) is 5.75 Å². The maximum atomic E-state index is 13.8. The number of halogens is 1. The first kappa shape index (κ1) is 27.9. The van der Waals surface area contributed by atoms with Gasteiger partial charge in [0.25, 0.3) is 0 Å². The van der Waals surface area contributed by atoms with E-state index >= 15 is 0 Å². The molecule has 0 saturated carbocycles. The lowest BCUT2D eigenvalue weighted by molar-refractivity contribution is -0.132. The summed E-state index contributed by atoms with van der Waals surface area (Å²) in [5.41, 5.74) is 1.98. The second-order valence-corrected chi connectivity index (χ2v) is 9.24. The van der Waals surface area contributed by atoms with Crippen LogP contribution in [0.1, 0.15) is 38.2 Å². The number of carbonyl (C=O) groups excluding carboxylic acids is 2. The molecule has 2 N–H and O–H groups in total. The molecule has 0 bridgehead atoms. The van der Waals surface area contributed by atoms with Crippen LogP contribution in [0.25, 0.3) is 6.08 Å². The van der Waals surface area contributed by atoms with Crippen LogP contribution < -0.4 is 15.4 Å². The maximum absolute atomic E-state index is 13.8. The zero-order chi connectivity index (χ0) is 27.5. The van der Waals surface area contributed by atoms with Crippen molar-refractivity contribution in [2.24, 2.45) is 0 Å². The summed E-state index contributed by atoms with van der Waals surface area (Å²) in [5.74, 6) is -0.197. The molecule has 39 heavy (non-hydrogen) atoms. The van der Waals surface area contributed by atoms with E-state index in [1.807, 2.05) is 48.6 Å². The second-order valence-electron chi connectivity index (χ2n) is 9.24. The van der Waals surface area contributed by atoms with Crippen molar-refractivity contribution in [2.45, 2.75) is 38.7 Å². The van der Waals surface area contributed by atoms with Crippen molar-refractivity contribution in [3.8, 4) is 5.75 Å². The molecule has 1 saturated heterocycles. The van der Waals surface area contributed by atoms with Gasteiger partial charge in [-0.15, -0.1) is 0 Å². The Bertz CT molecular complexity index is 1280. The van der Waals surface area contributed by atoms with Crippen molar-refractivity contribution in [3.63, 3.8) is 0 Å². The number of rotatable bonds is 9. The van der Waals surface area contributed by atoms with Crippen LogP contribution in [0.2, 0.25) is 0 Å². The molecule has 4 rings (SSSR count). The molecule has 0 aromatic heterocycles. The van der Waals surface area contributed by atoms with Gasteiger partial charge in [-0.3, -0.25) is 9.59 Å². The summed E-state index contributed by atoms with van der Waals surface area (Å²) in [6, 6.07) is 4.03. The quantitative estimate of drug-likeness (QED) is 0.260. The summed E-state index contributed by atoms with van der Waals surface area (Å²) in [5, 5.41) is 6.24. The molecule has 3 aliphatic rings. The van der Waals surface area contributed by atoms with E-state index in [-0.39, 0.29) is 24.4 Å². The number of hydrogen-bond acceptors (Lipinski definition) is 6. The fraction of sp³-hybridized carbons (Fsp3) is 0.290. The smallest absolute Gasteiger partial charge is 0.308 e. The second kappa shape index (κ2) is 14.1. The highest BCUT2D eigenvalue weighted by molar-refractivity contribution is 5.93. The highest BCUT2D eigenvalue weighted by Gasteiger charge is 2.16. The summed E-state index contributed by atoms with van der Waals surface area (Å²) in [6.45, 7) is 3.43. The van der Waals surface area contributed by atoms with Gasteiger partial charge in [0.2, 0.25) is 5.91 Å². The fourth-order valence-corrected chi connectivity index (χ4v) is 4.19. The average molecular weight is 533 g/mol. The Hall–Kier alpha value is -4.17. The number of nitrogens with one attached hydrogen (secondary N) is 2. The lowest BCUT2D eigenvalue weighted by atomic mass is 10.1. The van der Waals surface area contributed by atoms with Gasteiger partial charge in [-0.05, 0) is 80.4 Å². The first-order chi connectivity index (χ1) is 19.0. The van der Waals surface area contributed by atoms with E-state index < -0.39 is 11.8 Å². The predicted molar refractivity (Wildman–Crippen MR) is 148 cm³/mol.